The molecule has 1 unspecified atom stereocenters. The van der Waals surface area contributed by atoms with Gasteiger partial charge in [-0.2, -0.15) is 0 Å². The monoisotopic (exact) mass is 495 g/mol. The van der Waals surface area contributed by atoms with Gasteiger partial charge in [0, 0.05) is 11.6 Å². The van der Waals surface area contributed by atoms with Crippen molar-refractivity contribution < 1.29 is 32.6 Å². The lowest BCUT2D eigenvalue weighted by Gasteiger charge is -2.26. The molecule has 1 aliphatic rings. The number of Topliss-reactive ketones (excluding diaryl/α,β-unsaturated/α-hetero) is 1. The summed E-state index contributed by atoms with van der Waals surface area (Å²) in [6.45, 7) is 5.59. The van der Waals surface area contributed by atoms with Crippen LogP contribution < -0.4 is 9.64 Å². The molecule has 1 N–H and O–H groups in total. The molecule has 0 radical (unpaired) electrons. The Balaban J connectivity index is 2.00. The molecule has 1 heterocycles. The van der Waals surface area contributed by atoms with Gasteiger partial charge in [-0.05, 0) is 65.9 Å². The molecule has 0 aliphatic carbocycles. The van der Waals surface area contributed by atoms with Gasteiger partial charge >= 0.3 is 0 Å². The number of carbonyl (C=O) groups is 2. The van der Waals surface area contributed by atoms with Crippen LogP contribution in [0.4, 0.5) is 18.9 Å². The Hall–Kier alpha value is -4.07. The number of hydrogen-bond donors (Lipinski definition) is 1. The number of halogens is 3. The van der Waals surface area contributed by atoms with Gasteiger partial charge in [0.15, 0.2) is 0 Å². The number of ether oxygens (including phenoxy) is 1. The van der Waals surface area contributed by atoms with Crippen LogP contribution in [0.2, 0.25) is 0 Å². The number of nitrogens with zero attached hydrogens (tertiary/aromatic N) is 1. The minimum absolute atomic E-state index is 0.00992. The van der Waals surface area contributed by atoms with E-state index in [0.717, 1.165) is 34.7 Å². The molecule has 8 heteroatoms. The van der Waals surface area contributed by atoms with Gasteiger partial charge in [-0.25, -0.2) is 13.2 Å². The molecule has 0 saturated carbocycles. The number of ketones is 1. The average Bonchev–Trinajstić information content (AvgIpc) is 3.09. The molecule has 3 aromatic carbocycles. The van der Waals surface area contributed by atoms with Crippen molar-refractivity contribution in [3.8, 4) is 5.75 Å². The molecule has 186 valence electrons. The predicted molar refractivity (Wildman–Crippen MR) is 129 cm³/mol. The molecule has 0 aromatic heterocycles. The largest absolute Gasteiger partial charge is 0.507 e. The van der Waals surface area contributed by atoms with Crippen molar-refractivity contribution in [3.05, 3.63) is 99.9 Å². The summed E-state index contributed by atoms with van der Waals surface area (Å²) in [5.41, 5.74) is 1.26. The van der Waals surface area contributed by atoms with Crippen LogP contribution in [0.3, 0.4) is 0 Å². The van der Waals surface area contributed by atoms with Crippen molar-refractivity contribution in [2.45, 2.75) is 32.7 Å². The number of hydrogen-bond acceptors (Lipinski definition) is 4. The predicted octanol–water partition coefficient (Wildman–Crippen LogP) is 6.17. The van der Waals surface area contributed by atoms with Crippen LogP contribution in [0.15, 0.2) is 60.2 Å². The average molecular weight is 495 g/mol. The molecule has 1 aliphatic heterocycles. The van der Waals surface area contributed by atoms with Gasteiger partial charge in [0.1, 0.15) is 29.0 Å². The summed E-state index contributed by atoms with van der Waals surface area (Å²) >= 11 is 0. The molecular weight excluding hydrogens is 471 g/mol. The number of aliphatic hydroxyl groups is 1. The third-order valence-corrected chi connectivity index (χ3v) is 6.25. The van der Waals surface area contributed by atoms with E-state index in [4.69, 9.17) is 4.74 Å². The molecule has 0 spiro atoms. The summed E-state index contributed by atoms with van der Waals surface area (Å²) < 4.78 is 47.5. The number of aliphatic hydroxyl groups excluding tert-OH is 1. The first-order chi connectivity index (χ1) is 17.0. The number of aryl methyl sites for hydroxylation is 1. The fourth-order valence-electron chi connectivity index (χ4n) is 4.44. The number of anilines is 1. The Morgan fingerprint density at radius 1 is 0.972 bits per heavy atom. The first-order valence-electron chi connectivity index (χ1n) is 11.3. The Kier molecular flexibility index (Phi) is 6.63. The van der Waals surface area contributed by atoms with Crippen LogP contribution in [0.5, 0.6) is 5.75 Å². The van der Waals surface area contributed by atoms with Gasteiger partial charge in [0.25, 0.3) is 11.7 Å². The number of methoxy groups -OCH3 is 1. The molecule has 1 fully saturated rings. The van der Waals surface area contributed by atoms with Crippen molar-refractivity contribution in [1.82, 2.24) is 0 Å². The standard InChI is InChI=1S/C28H24F3NO4/c1-14(2)19-13-20(15(3)11-23(19)36-4)26(33)24-25(16-5-7-17(29)8-6-16)32(28(35)27(24)34)22-10-9-18(30)12-21(22)31/h5-14,25,33H,1-4H3/b26-24+. The molecule has 4 rings (SSSR count). The molecule has 36 heavy (non-hydrogen) atoms. The summed E-state index contributed by atoms with van der Waals surface area (Å²) in [5, 5.41) is 11.4. The van der Waals surface area contributed by atoms with Crippen LogP contribution in [0.25, 0.3) is 5.76 Å². The van der Waals surface area contributed by atoms with E-state index >= 15 is 0 Å². The SMILES string of the molecule is COc1cc(C)c(/C(O)=C2\C(=O)C(=O)N(c3ccc(F)cc3F)C2c2ccc(F)cc2)cc1C(C)C. The zero-order valence-electron chi connectivity index (χ0n) is 20.1. The topological polar surface area (TPSA) is 66.8 Å². The third-order valence-electron chi connectivity index (χ3n) is 6.25. The highest BCUT2D eigenvalue weighted by Gasteiger charge is 2.48. The number of carbonyl (C=O) groups excluding carboxylic acids is 2. The Morgan fingerprint density at radius 3 is 2.19 bits per heavy atom. The van der Waals surface area contributed by atoms with E-state index < -0.39 is 40.9 Å². The van der Waals surface area contributed by atoms with Crippen molar-refractivity contribution in [3.63, 3.8) is 0 Å². The van der Waals surface area contributed by atoms with Gasteiger partial charge in [-0.15, -0.1) is 0 Å². The highest BCUT2D eigenvalue weighted by molar-refractivity contribution is 6.51. The minimum Gasteiger partial charge on any atom is -0.507 e. The Labute approximate surface area is 206 Å². The zero-order valence-corrected chi connectivity index (χ0v) is 20.1. The van der Waals surface area contributed by atoms with Crippen molar-refractivity contribution in [1.29, 1.82) is 0 Å². The van der Waals surface area contributed by atoms with Gasteiger partial charge in [-0.3, -0.25) is 14.5 Å². The normalized spacial score (nSPS) is 17.2. The molecule has 1 saturated heterocycles. The van der Waals surface area contributed by atoms with Gasteiger partial charge in [0.05, 0.1) is 24.4 Å². The van der Waals surface area contributed by atoms with Crippen LogP contribution >= 0.6 is 0 Å². The first-order valence-corrected chi connectivity index (χ1v) is 11.3. The fourth-order valence-corrected chi connectivity index (χ4v) is 4.44. The Morgan fingerprint density at radius 2 is 1.61 bits per heavy atom. The number of rotatable bonds is 5. The van der Waals surface area contributed by atoms with Crippen LogP contribution in [0, 0.1) is 24.4 Å². The zero-order chi connectivity index (χ0) is 26.3. The fraction of sp³-hybridized carbons (Fsp3) is 0.214. The second-order valence-corrected chi connectivity index (χ2v) is 8.88. The maximum atomic E-state index is 14.8. The van der Waals surface area contributed by atoms with Crippen molar-refractivity contribution in [2.75, 3.05) is 12.0 Å². The maximum Gasteiger partial charge on any atom is 0.300 e. The number of amides is 1. The number of benzene rings is 3. The first kappa shape index (κ1) is 25.0. The van der Waals surface area contributed by atoms with Crippen molar-refractivity contribution in [2.24, 2.45) is 0 Å². The summed E-state index contributed by atoms with van der Waals surface area (Å²) in [4.78, 5) is 27.3. The van der Waals surface area contributed by atoms with E-state index in [2.05, 4.69) is 0 Å². The minimum atomic E-state index is -1.28. The quantitative estimate of drug-likeness (QED) is 0.261. The lowest BCUT2D eigenvalue weighted by Crippen LogP contribution is -2.30. The lowest BCUT2D eigenvalue weighted by atomic mass is 9.91. The molecule has 0 bridgehead atoms. The van der Waals surface area contributed by atoms with E-state index in [9.17, 15) is 27.9 Å². The maximum absolute atomic E-state index is 14.8. The molecule has 1 amide bonds. The smallest absolute Gasteiger partial charge is 0.300 e. The molecular formula is C28H24F3NO4. The summed E-state index contributed by atoms with van der Waals surface area (Å²) in [6, 6.07) is 9.66. The van der Waals surface area contributed by atoms with Gasteiger partial charge in [-0.1, -0.05) is 26.0 Å². The second-order valence-electron chi connectivity index (χ2n) is 8.88. The summed E-state index contributed by atoms with van der Waals surface area (Å²) in [5.74, 6) is -4.49. The Bertz CT molecular complexity index is 1400. The highest BCUT2D eigenvalue weighted by Crippen LogP contribution is 2.44. The third kappa shape index (κ3) is 4.23. The van der Waals surface area contributed by atoms with Crippen LogP contribution in [0.1, 0.15) is 48.1 Å². The van der Waals surface area contributed by atoms with Crippen LogP contribution in [-0.4, -0.2) is 23.9 Å². The van der Waals surface area contributed by atoms with E-state index in [1.54, 1.807) is 19.1 Å². The highest BCUT2D eigenvalue weighted by atomic mass is 19.1. The van der Waals surface area contributed by atoms with Crippen molar-refractivity contribution >= 4 is 23.1 Å². The summed E-state index contributed by atoms with van der Waals surface area (Å²) in [7, 11) is 1.53. The molecule has 3 aromatic rings. The van der Waals surface area contributed by atoms with E-state index in [0.29, 0.717) is 22.9 Å². The second kappa shape index (κ2) is 9.53. The van der Waals surface area contributed by atoms with Gasteiger partial charge < -0.3 is 9.84 Å². The van der Waals surface area contributed by atoms with E-state index in [1.165, 1.54) is 19.2 Å². The van der Waals surface area contributed by atoms with Crippen LogP contribution in [-0.2, 0) is 9.59 Å². The van der Waals surface area contributed by atoms with E-state index in [1.807, 2.05) is 13.8 Å². The lowest BCUT2D eigenvalue weighted by molar-refractivity contribution is -0.132. The van der Waals surface area contributed by atoms with Gasteiger partial charge in [0.2, 0.25) is 0 Å². The summed E-state index contributed by atoms with van der Waals surface area (Å²) in [6.07, 6.45) is 0. The molecule has 5 nitrogen and oxygen atoms in total. The van der Waals surface area contributed by atoms with E-state index in [-0.39, 0.29) is 22.7 Å². The molecule has 1 atom stereocenters.